The predicted molar refractivity (Wildman–Crippen MR) is 106 cm³/mol. The molecular formula is C17H25IN2O7. The van der Waals surface area contributed by atoms with Gasteiger partial charge in [-0.15, -0.1) is 0 Å². The number of nitro groups is 1. The third kappa shape index (κ3) is 7.83. The molecule has 0 heterocycles. The maximum absolute atomic E-state index is 11.9. The summed E-state index contributed by atoms with van der Waals surface area (Å²) in [6.07, 6.45) is 2.25. The molecule has 0 aromatic rings. The Hall–Kier alpha value is -1.69. The van der Waals surface area contributed by atoms with Crippen molar-refractivity contribution in [2.45, 2.75) is 62.4 Å². The minimum absolute atomic E-state index is 0.271. The number of halogens is 1. The van der Waals surface area contributed by atoms with E-state index in [0.717, 1.165) is 0 Å². The minimum atomic E-state index is -1.63. The van der Waals surface area contributed by atoms with Gasteiger partial charge >= 0.3 is 15.6 Å². The number of hydrogen-bond donors (Lipinski definition) is 1. The van der Waals surface area contributed by atoms with E-state index < -0.39 is 44.4 Å². The van der Waals surface area contributed by atoms with Gasteiger partial charge in [0.15, 0.2) is 6.10 Å². The lowest BCUT2D eigenvalue weighted by Crippen LogP contribution is -2.46. The average molecular weight is 496 g/mol. The first-order valence-corrected chi connectivity index (χ1v) is 9.28. The molecule has 9 nitrogen and oxygen atoms in total. The van der Waals surface area contributed by atoms with Gasteiger partial charge in [0.1, 0.15) is 17.8 Å². The zero-order valence-electron chi connectivity index (χ0n) is 16.2. The van der Waals surface area contributed by atoms with Crippen LogP contribution in [0.15, 0.2) is 23.9 Å². The van der Waals surface area contributed by atoms with Crippen LogP contribution in [0.5, 0.6) is 0 Å². The molecule has 1 rings (SSSR count). The fourth-order valence-electron chi connectivity index (χ4n) is 2.00. The minimum Gasteiger partial charge on any atom is -0.458 e. The summed E-state index contributed by atoms with van der Waals surface area (Å²) in [4.78, 5) is 34.7. The molecule has 0 bridgehead atoms. The van der Waals surface area contributed by atoms with Crippen LogP contribution in [0.25, 0.3) is 0 Å². The van der Waals surface area contributed by atoms with Crippen LogP contribution in [0.3, 0.4) is 0 Å². The number of nitrogens with one attached hydrogen (secondary N) is 1. The van der Waals surface area contributed by atoms with Crippen molar-refractivity contribution in [3.8, 4) is 0 Å². The molecular weight excluding hydrogens is 471 g/mol. The summed E-state index contributed by atoms with van der Waals surface area (Å²) in [6, 6.07) is 0. The standard InChI is InChI=1S/C17H25IN2O7/c1-15(2,3)26-13(21)10-25-12-9-11(7-8-17(12,18)20(23)24)19-14(22)27-16(4,5)6/h7-9,12H,10H2,1-6H3,(H,19,22). The van der Waals surface area contributed by atoms with Gasteiger partial charge in [0.2, 0.25) is 0 Å². The summed E-state index contributed by atoms with van der Waals surface area (Å²) in [5.41, 5.74) is -1.12. The van der Waals surface area contributed by atoms with Gasteiger partial charge in [0.25, 0.3) is 0 Å². The highest BCUT2D eigenvalue weighted by molar-refractivity contribution is 14.1. The molecule has 0 aromatic heterocycles. The van der Waals surface area contributed by atoms with Gasteiger partial charge in [0, 0.05) is 39.3 Å². The van der Waals surface area contributed by atoms with Crippen LogP contribution in [0.1, 0.15) is 41.5 Å². The Morgan fingerprint density at radius 2 is 1.78 bits per heavy atom. The zero-order chi connectivity index (χ0) is 21.0. The number of nitrogens with zero attached hydrogens (tertiary/aromatic N) is 1. The molecule has 2 atom stereocenters. The van der Waals surface area contributed by atoms with Gasteiger partial charge in [-0.1, -0.05) is 0 Å². The van der Waals surface area contributed by atoms with E-state index in [1.807, 2.05) is 0 Å². The summed E-state index contributed by atoms with van der Waals surface area (Å²) in [7, 11) is 0. The molecule has 1 N–H and O–H groups in total. The Morgan fingerprint density at radius 1 is 1.22 bits per heavy atom. The molecule has 1 aliphatic carbocycles. The van der Waals surface area contributed by atoms with Crippen molar-refractivity contribution in [3.63, 3.8) is 0 Å². The lowest BCUT2D eigenvalue weighted by Gasteiger charge is -2.28. The Labute approximate surface area is 171 Å². The van der Waals surface area contributed by atoms with Crippen LogP contribution in [0, 0.1) is 10.1 Å². The van der Waals surface area contributed by atoms with Crippen molar-refractivity contribution >= 4 is 34.7 Å². The third-order valence-corrected chi connectivity index (χ3v) is 4.32. The molecule has 0 radical (unpaired) electrons. The average Bonchev–Trinajstić information content (AvgIpc) is 2.43. The largest absolute Gasteiger partial charge is 0.458 e. The van der Waals surface area contributed by atoms with Gasteiger partial charge in [-0.3, -0.25) is 15.4 Å². The van der Waals surface area contributed by atoms with Crippen LogP contribution in [0.2, 0.25) is 0 Å². The first-order chi connectivity index (χ1) is 12.1. The fourth-order valence-corrected chi connectivity index (χ4v) is 2.54. The van der Waals surface area contributed by atoms with E-state index in [-0.39, 0.29) is 5.70 Å². The normalized spacial score (nSPS) is 22.6. The molecule has 0 saturated carbocycles. The number of alkyl halides is 1. The second kappa shape index (κ2) is 8.55. The molecule has 152 valence electrons. The second-order valence-electron chi connectivity index (χ2n) is 7.88. The summed E-state index contributed by atoms with van der Waals surface area (Å²) in [5, 5.41) is 14.0. The molecule has 1 amide bonds. The maximum Gasteiger partial charge on any atom is 0.412 e. The summed E-state index contributed by atoms with van der Waals surface area (Å²) < 4.78 is 14.1. The first-order valence-electron chi connectivity index (χ1n) is 8.20. The van der Waals surface area contributed by atoms with Gasteiger partial charge in [-0.05, 0) is 53.7 Å². The zero-order valence-corrected chi connectivity index (χ0v) is 18.4. The number of hydrogen-bond acceptors (Lipinski definition) is 7. The van der Waals surface area contributed by atoms with Crippen LogP contribution in [0.4, 0.5) is 4.79 Å². The smallest absolute Gasteiger partial charge is 0.412 e. The molecule has 1 aliphatic rings. The van der Waals surface area contributed by atoms with E-state index in [1.54, 1.807) is 64.1 Å². The van der Waals surface area contributed by atoms with Crippen molar-refractivity contribution in [3.05, 3.63) is 34.0 Å². The first kappa shape index (κ1) is 23.3. The molecule has 10 heteroatoms. The monoisotopic (exact) mass is 496 g/mol. The number of allylic oxidation sites excluding steroid dienone is 1. The lowest BCUT2D eigenvalue weighted by atomic mass is 10.0. The van der Waals surface area contributed by atoms with E-state index >= 15 is 0 Å². The van der Waals surface area contributed by atoms with E-state index in [0.29, 0.717) is 0 Å². The highest BCUT2D eigenvalue weighted by Gasteiger charge is 2.48. The third-order valence-electron chi connectivity index (χ3n) is 2.95. The molecule has 0 saturated heterocycles. The molecule has 0 spiro atoms. The Balaban J connectivity index is 2.89. The fraction of sp³-hybridized carbons (Fsp3) is 0.647. The number of esters is 1. The van der Waals surface area contributed by atoms with Gasteiger partial charge in [0.05, 0.1) is 0 Å². The van der Waals surface area contributed by atoms with Crippen molar-refractivity contribution in [2.24, 2.45) is 0 Å². The quantitative estimate of drug-likeness (QED) is 0.155. The van der Waals surface area contributed by atoms with E-state index in [4.69, 9.17) is 14.2 Å². The summed E-state index contributed by atoms with van der Waals surface area (Å²) in [6.45, 7) is 9.79. The van der Waals surface area contributed by atoms with Crippen LogP contribution >= 0.6 is 22.6 Å². The van der Waals surface area contributed by atoms with Crippen LogP contribution in [-0.2, 0) is 19.0 Å². The van der Waals surface area contributed by atoms with Crippen molar-refractivity contribution in [1.29, 1.82) is 0 Å². The summed E-state index contributed by atoms with van der Waals surface area (Å²) >= 11 is 1.63. The van der Waals surface area contributed by atoms with Crippen LogP contribution in [-0.4, -0.2) is 44.4 Å². The van der Waals surface area contributed by atoms with Crippen molar-refractivity contribution in [1.82, 2.24) is 5.32 Å². The molecule has 0 fully saturated rings. The number of alkyl carbamates (subject to hydrolysis) is 1. The second-order valence-corrected chi connectivity index (χ2v) is 9.61. The van der Waals surface area contributed by atoms with Gasteiger partial charge < -0.3 is 14.2 Å². The van der Waals surface area contributed by atoms with E-state index in [9.17, 15) is 19.7 Å². The molecule has 27 heavy (non-hydrogen) atoms. The lowest BCUT2D eigenvalue weighted by molar-refractivity contribution is -0.527. The number of carbonyl (C=O) groups is 2. The molecule has 0 aromatic carbocycles. The number of rotatable bonds is 5. The van der Waals surface area contributed by atoms with Crippen LogP contribution < -0.4 is 5.32 Å². The number of ether oxygens (including phenoxy) is 3. The van der Waals surface area contributed by atoms with E-state index in [1.165, 1.54) is 18.2 Å². The Kier molecular flexibility index (Phi) is 7.39. The van der Waals surface area contributed by atoms with Crippen molar-refractivity contribution < 1.29 is 28.7 Å². The number of amides is 1. The summed E-state index contributed by atoms with van der Waals surface area (Å²) in [5.74, 6) is -0.644. The molecule has 2 unspecified atom stereocenters. The maximum atomic E-state index is 11.9. The highest BCUT2D eigenvalue weighted by Crippen LogP contribution is 2.33. The van der Waals surface area contributed by atoms with Gasteiger partial charge in [-0.25, -0.2) is 9.59 Å². The predicted octanol–water partition coefficient (Wildman–Crippen LogP) is 3.10. The Morgan fingerprint density at radius 3 is 2.26 bits per heavy atom. The Bertz CT molecular complexity index is 661. The van der Waals surface area contributed by atoms with Gasteiger partial charge in [-0.2, -0.15) is 0 Å². The van der Waals surface area contributed by atoms with E-state index in [2.05, 4.69) is 5.32 Å². The topological polar surface area (TPSA) is 117 Å². The van der Waals surface area contributed by atoms with Crippen molar-refractivity contribution in [2.75, 3.05) is 6.61 Å². The highest BCUT2D eigenvalue weighted by atomic mass is 127. The number of carbonyl (C=O) groups excluding carboxylic acids is 2. The SMILES string of the molecule is CC(C)(C)OC(=O)COC1C=C(NC(=O)OC(C)(C)C)C=CC1(I)[N+](=O)[O-]. The molecule has 0 aliphatic heterocycles.